The normalized spacial score (nSPS) is 25.1. The maximum atomic E-state index is 15.7. The van der Waals surface area contributed by atoms with E-state index in [1.165, 1.54) is 97.4 Å². The van der Waals surface area contributed by atoms with Gasteiger partial charge in [-0.3, -0.25) is 0 Å². The first-order valence-corrected chi connectivity index (χ1v) is 22.2. The maximum Gasteiger partial charge on any atom is 0.186 e. The van der Waals surface area contributed by atoms with Crippen LogP contribution in [0.3, 0.4) is 0 Å². The molecule has 0 aromatic carbocycles. The number of hydrogen-bond acceptors (Lipinski definition) is 11. The highest BCUT2D eigenvalue weighted by molar-refractivity contribution is 4.93. The summed E-state index contributed by atoms with van der Waals surface area (Å²) in [5.74, 6) is 0. The molecule has 2 aliphatic rings. The number of unbranched alkanes of at least 4 members (excludes halogenated alkanes) is 18. The van der Waals surface area contributed by atoms with Gasteiger partial charge in [0.25, 0.3) is 0 Å². The molecule has 0 saturated carbocycles. The Balaban J connectivity index is 1.84. The Hall–Kier alpha value is -0.510. The first kappa shape index (κ1) is 49.6. The van der Waals surface area contributed by atoms with Gasteiger partial charge in [0, 0.05) is 32.2 Å². The summed E-state index contributed by atoms with van der Waals surface area (Å²) < 4.78 is 27.0. The van der Waals surface area contributed by atoms with Crippen LogP contribution in [0, 0.1) is 0 Å². The van der Waals surface area contributed by atoms with E-state index in [1.807, 2.05) is 0 Å². The van der Waals surface area contributed by atoms with E-state index >= 15 is 4.39 Å². The Morgan fingerprint density at radius 3 is 1.76 bits per heavy atom. The van der Waals surface area contributed by atoms with Gasteiger partial charge in [-0.25, -0.2) is 4.39 Å². The van der Waals surface area contributed by atoms with E-state index in [1.54, 1.807) is 0 Å². The number of rotatable bonds is 33. The molecule has 2 fully saturated rings. The number of nitrogens with one attached hydrogen (secondary N) is 2. The number of aliphatic hydroxyl groups is 6. The third-order valence-corrected chi connectivity index (χ3v) is 11.6. The molecule has 12 heteroatoms. The molecule has 0 amide bonds. The lowest BCUT2D eigenvalue weighted by Gasteiger charge is -2.41. The minimum Gasteiger partial charge on any atom is -0.394 e. The van der Waals surface area contributed by atoms with Gasteiger partial charge in [-0.05, 0) is 39.7 Å². The summed E-state index contributed by atoms with van der Waals surface area (Å²) >= 11 is 0. The molecule has 2 saturated heterocycles. The van der Waals surface area contributed by atoms with Crippen LogP contribution in [0.25, 0.3) is 0 Å². The summed E-state index contributed by atoms with van der Waals surface area (Å²) in [6.45, 7) is 10.1. The van der Waals surface area contributed by atoms with E-state index in [2.05, 4.69) is 22.5 Å². The van der Waals surface area contributed by atoms with Crippen molar-refractivity contribution in [2.24, 2.45) is 0 Å². The van der Waals surface area contributed by atoms with Crippen LogP contribution in [0.1, 0.15) is 162 Å². The predicted octanol–water partition coefficient (Wildman–Crippen LogP) is 5.11. The molecule has 54 heavy (non-hydrogen) atoms. The van der Waals surface area contributed by atoms with Crippen LogP contribution in [0.15, 0.2) is 0 Å². The van der Waals surface area contributed by atoms with Crippen molar-refractivity contribution in [3.63, 3.8) is 0 Å². The fraction of sp³-hybridized carbons (Fsp3) is 1.00. The molecule has 11 nitrogen and oxygen atoms in total. The third-order valence-electron chi connectivity index (χ3n) is 11.6. The van der Waals surface area contributed by atoms with E-state index in [4.69, 9.17) is 9.47 Å². The molecule has 0 bridgehead atoms. The van der Waals surface area contributed by atoms with Gasteiger partial charge in [-0.15, -0.1) is 0 Å². The summed E-state index contributed by atoms with van der Waals surface area (Å²) in [6, 6.07) is -1.55. The highest BCUT2D eigenvalue weighted by Crippen LogP contribution is 2.25. The molecule has 5 unspecified atom stereocenters. The second-order valence-corrected chi connectivity index (χ2v) is 16.9. The van der Waals surface area contributed by atoms with Crippen molar-refractivity contribution in [3.8, 4) is 0 Å². The van der Waals surface area contributed by atoms with Crippen LogP contribution >= 0.6 is 0 Å². The molecule has 0 aliphatic carbocycles. The maximum absolute atomic E-state index is 15.7. The highest BCUT2D eigenvalue weighted by Gasteiger charge is 2.45. The molecule has 0 spiro atoms. The largest absolute Gasteiger partial charge is 0.394 e. The van der Waals surface area contributed by atoms with E-state index in [0.29, 0.717) is 12.8 Å². The Kier molecular flexibility index (Phi) is 27.3. The van der Waals surface area contributed by atoms with Crippen molar-refractivity contribution in [2.45, 2.75) is 223 Å². The molecular weight excluding hydrogens is 693 g/mol. The first-order chi connectivity index (χ1) is 26.0. The van der Waals surface area contributed by atoms with Crippen LogP contribution in [0.4, 0.5) is 4.39 Å². The van der Waals surface area contributed by atoms with Crippen molar-refractivity contribution in [3.05, 3.63) is 0 Å². The monoisotopic (exact) mass is 778 g/mol. The summed E-state index contributed by atoms with van der Waals surface area (Å²) in [5, 5.41) is 69.7. The van der Waals surface area contributed by atoms with Gasteiger partial charge < -0.3 is 55.6 Å². The Morgan fingerprint density at radius 1 is 0.741 bits per heavy atom. The lowest BCUT2D eigenvalue weighted by atomic mass is 9.92. The summed E-state index contributed by atoms with van der Waals surface area (Å²) in [5.41, 5.74) is -1.63. The molecule has 2 heterocycles. The Labute approximate surface area is 328 Å². The fourth-order valence-corrected chi connectivity index (χ4v) is 7.84. The topological polar surface area (TPSA) is 167 Å². The lowest BCUT2D eigenvalue weighted by Crippen LogP contribution is -2.61. The number of piperazine rings is 1. The molecule has 9 atom stereocenters. The van der Waals surface area contributed by atoms with Crippen LogP contribution in [0.2, 0.25) is 0 Å². The Morgan fingerprint density at radius 2 is 1.24 bits per heavy atom. The SMILES string of the molecule is CCCCCCCCCCCCCC[C@@H](O)[C@@H](O)[C@H](COC1OC(CO)C(O)C(O)C1O)N[C@@H](CCCCCCCCCCN1CCNCC1)C(C)(C)F. The predicted molar refractivity (Wildman–Crippen MR) is 214 cm³/mol. The average Bonchev–Trinajstić information content (AvgIpc) is 3.16. The van der Waals surface area contributed by atoms with Gasteiger partial charge in [0.15, 0.2) is 6.29 Å². The molecule has 8 N–H and O–H groups in total. The smallest absolute Gasteiger partial charge is 0.186 e. The molecule has 0 aromatic heterocycles. The molecule has 322 valence electrons. The van der Waals surface area contributed by atoms with Gasteiger partial charge >= 0.3 is 0 Å². The zero-order valence-electron chi connectivity index (χ0n) is 34.5. The lowest BCUT2D eigenvalue weighted by molar-refractivity contribution is -0.303. The van der Waals surface area contributed by atoms with Gasteiger partial charge in [-0.1, -0.05) is 129 Å². The van der Waals surface area contributed by atoms with E-state index in [0.717, 1.165) is 77.5 Å². The molecule has 2 aliphatic heterocycles. The zero-order chi connectivity index (χ0) is 39.6. The number of alkyl halides is 1. The fourth-order valence-electron chi connectivity index (χ4n) is 7.84. The van der Waals surface area contributed by atoms with Crippen molar-refractivity contribution in [1.82, 2.24) is 15.5 Å². The average molecular weight is 778 g/mol. The standard InChI is InChI=1S/C42H84FN3O8/c1-4-5-6-7-8-9-10-11-12-15-18-21-24-34(48)37(49)33(32-53-41-40(52)39(51)38(50)35(31-47)54-41)45-36(42(2,3)43)25-22-19-16-13-14-17-20-23-28-46-29-26-44-27-30-46/h33-41,44-45,47-52H,4-32H2,1-3H3/t33-,34+,35?,36-,37-,38?,39?,40?,41?/m0/s1. The molecule has 2 rings (SSSR count). The van der Waals surface area contributed by atoms with E-state index in [-0.39, 0.29) is 6.61 Å². The number of aliphatic hydroxyl groups excluding tert-OH is 6. The minimum absolute atomic E-state index is 0.263. The second kappa shape index (κ2) is 29.7. The highest BCUT2D eigenvalue weighted by atomic mass is 19.1. The molecular formula is C42H84FN3O8. The molecule has 0 aromatic rings. The zero-order valence-corrected chi connectivity index (χ0v) is 34.5. The van der Waals surface area contributed by atoms with Crippen LogP contribution < -0.4 is 10.6 Å². The number of hydrogen-bond donors (Lipinski definition) is 8. The third kappa shape index (κ3) is 20.8. The first-order valence-electron chi connectivity index (χ1n) is 22.2. The van der Waals surface area contributed by atoms with Gasteiger partial charge in [0.05, 0.1) is 31.5 Å². The van der Waals surface area contributed by atoms with Crippen molar-refractivity contribution in [1.29, 1.82) is 0 Å². The van der Waals surface area contributed by atoms with Crippen LogP contribution in [-0.4, -0.2) is 142 Å². The summed E-state index contributed by atoms with van der Waals surface area (Å²) in [6.07, 6.45) is 14.6. The minimum atomic E-state index is -1.63. The Bertz CT molecular complexity index is 881. The quantitative estimate of drug-likeness (QED) is 0.0418. The number of halogens is 1. The van der Waals surface area contributed by atoms with E-state index < -0.39 is 67.3 Å². The summed E-state index contributed by atoms with van der Waals surface area (Å²) in [4.78, 5) is 2.54. The van der Waals surface area contributed by atoms with Gasteiger partial charge in [0.2, 0.25) is 0 Å². The van der Waals surface area contributed by atoms with Crippen molar-refractivity contribution < 1.29 is 44.5 Å². The second-order valence-electron chi connectivity index (χ2n) is 16.9. The van der Waals surface area contributed by atoms with Crippen LogP contribution in [-0.2, 0) is 9.47 Å². The molecule has 0 radical (unpaired) electrons. The van der Waals surface area contributed by atoms with E-state index in [9.17, 15) is 30.6 Å². The van der Waals surface area contributed by atoms with Crippen molar-refractivity contribution >= 4 is 0 Å². The number of nitrogens with zero attached hydrogens (tertiary/aromatic N) is 1. The van der Waals surface area contributed by atoms with Crippen LogP contribution in [0.5, 0.6) is 0 Å². The van der Waals surface area contributed by atoms with Gasteiger partial charge in [0.1, 0.15) is 30.1 Å². The van der Waals surface area contributed by atoms with Gasteiger partial charge in [-0.2, -0.15) is 0 Å². The van der Waals surface area contributed by atoms with Crippen molar-refractivity contribution in [2.75, 3.05) is 45.9 Å². The summed E-state index contributed by atoms with van der Waals surface area (Å²) in [7, 11) is 0. The number of ether oxygens (including phenoxy) is 2.